The topological polar surface area (TPSA) is 62.3 Å². The van der Waals surface area contributed by atoms with Gasteiger partial charge in [0, 0.05) is 37.7 Å². The summed E-state index contributed by atoms with van der Waals surface area (Å²) >= 11 is 6.49. The maximum atomic E-state index is 13.2. The maximum absolute atomic E-state index is 13.2. The number of halogens is 1. The van der Waals surface area contributed by atoms with Gasteiger partial charge in [-0.15, -0.1) is 0 Å². The molecule has 1 unspecified atom stereocenters. The minimum absolute atomic E-state index is 0.0556. The summed E-state index contributed by atoms with van der Waals surface area (Å²) in [6, 6.07) is 3.95. The number of morpholine rings is 1. The van der Waals surface area contributed by atoms with E-state index in [1.807, 2.05) is 54.5 Å². The minimum Gasteiger partial charge on any atom is -0.444 e. The second-order valence-corrected chi connectivity index (χ2v) is 10.5. The molecule has 0 radical (unpaired) electrons. The van der Waals surface area contributed by atoms with Gasteiger partial charge < -0.3 is 24.2 Å². The number of fused-ring (bicyclic) bond motifs is 1. The molecule has 2 atom stereocenters. The monoisotopic (exact) mass is 463 g/mol. The van der Waals surface area contributed by atoms with Crippen LogP contribution in [-0.4, -0.2) is 71.3 Å². The third kappa shape index (κ3) is 4.99. The molecular formula is C24H34ClN3O4. The van der Waals surface area contributed by atoms with E-state index >= 15 is 0 Å². The van der Waals surface area contributed by atoms with Crippen molar-refractivity contribution in [2.45, 2.75) is 71.2 Å². The van der Waals surface area contributed by atoms with Gasteiger partial charge in [-0.25, -0.2) is 9.59 Å². The average Bonchev–Trinajstić information content (AvgIpc) is 3.21. The fourth-order valence-corrected chi connectivity index (χ4v) is 5.19. The lowest BCUT2D eigenvalue weighted by Crippen LogP contribution is -2.51. The summed E-state index contributed by atoms with van der Waals surface area (Å²) < 4.78 is 11.3. The first-order valence-corrected chi connectivity index (χ1v) is 12.0. The number of likely N-dealkylation sites (tertiary alicyclic amines) is 1. The van der Waals surface area contributed by atoms with Gasteiger partial charge in [0.25, 0.3) is 0 Å². The molecule has 0 bridgehead atoms. The van der Waals surface area contributed by atoms with Gasteiger partial charge in [-0.2, -0.15) is 0 Å². The van der Waals surface area contributed by atoms with Gasteiger partial charge in [-0.1, -0.05) is 11.6 Å². The molecule has 7 nitrogen and oxygen atoms in total. The Hall–Kier alpha value is -1.99. The zero-order chi connectivity index (χ0) is 23.0. The first-order chi connectivity index (χ1) is 15.1. The number of amides is 3. The maximum Gasteiger partial charge on any atom is 0.410 e. The molecule has 8 heteroatoms. The largest absolute Gasteiger partial charge is 0.444 e. The van der Waals surface area contributed by atoms with E-state index < -0.39 is 5.60 Å². The van der Waals surface area contributed by atoms with Gasteiger partial charge in [-0.05, 0) is 75.8 Å². The number of carbonyl (C=O) groups is 2. The molecule has 0 aliphatic carbocycles. The summed E-state index contributed by atoms with van der Waals surface area (Å²) in [6.45, 7) is 11.3. The van der Waals surface area contributed by atoms with Gasteiger partial charge in [0.1, 0.15) is 5.60 Å². The predicted octanol–water partition coefficient (Wildman–Crippen LogP) is 4.61. The average molecular weight is 464 g/mol. The van der Waals surface area contributed by atoms with Crippen LogP contribution >= 0.6 is 11.6 Å². The van der Waals surface area contributed by atoms with Crippen molar-refractivity contribution in [1.29, 1.82) is 0 Å². The molecule has 3 heterocycles. The number of benzene rings is 1. The highest BCUT2D eigenvalue weighted by Crippen LogP contribution is 2.39. The van der Waals surface area contributed by atoms with Crippen LogP contribution in [0.3, 0.4) is 0 Å². The summed E-state index contributed by atoms with van der Waals surface area (Å²) in [5, 5.41) is 0.677. The molecule has 2 saturated heterocycles. The Bertz CT molecular complexity index is 885. The Kier molecular flexibility index (Phi) is 6.59. The summed E-state index contributed by atoms with van der Waals surface area (Å²) in [4.78, 5) is 31.7. The van der Waals surface area contributed by atoms with E-state index in [1.54, 1.807) is 0 Å². The van der Waals surface area contributed by atoms with Gasteiger partial charge >= 0.3 is 12.1 Å². The van der Waals surface area contributed by atoms with Crippen LogP contribution in [0.2, 0.25) is 5.02 Å². The number of carbonyl (C=O) groups excluding carboxylic acids is 2. The molecule has 4 rings (SSSR count). The Balaban J connectivity index is 1.58. The summed E-state index contributed by atoms with van der Waals surface area (Å²) in [5.41, 5.74) is 2.79. The zero-order valence-corrected chi connectivity index (χ0v) is 20.3. The zero-order valence-electron chi connectivity index (χ0n) is 19.5. The van der Waals surface area contributed by atoms with Crippen LogP contribution < -0.4 is 0 Å². The van der Waals surface area contributed by atoms with Crippen molar-refractivity contribution in [2.24, 2.45) is 0 Å². The molecule has 0 aromatic heterocycles. The molecule has 0 N–H and O–H groups in total. The van der Waals surface area contributed by atoms with Crippen molar-refractivity contribution in [3.05, 3.63) is 33.8 Å². The summed E-state index contributed by atoms with van der Waals surface area (Å²) in [5.74, 6) is 0. The molecule has 3 amide bonds. The number of nitrogens with zero attached hydrogens (tertiary/aromatic N) is 3. The van der Waals surface area contributed by atoms with Crippen molar-refractivity contribution >= 4 is 23.7 Å². The second kappa shape index (κ2) is 9.10. The highest BCUT2D eigenvalue weighted by molar-refractivity contribution is 6.30. The van der Waals surface area contributed by atoms with Crippen LogP contribution in [0.4, 0.5) is 9.59 Å². The van der Waals surface area contributed by atoms with E-state index in [2.05, 4.69) is 0 Å². The SMILES string of the molecule is CC1CN(C(=O)N2CCc3cc(Cl)cc([C@@H]4CCCN4C(=O)OC(C)(C)C)c3C2)CCO1. The highest BCUT2D eigenvalue weighted by Gasteiger charge is 2.37. The molecule has 2 fully saturated rings. The first kappa shape index (κ1) is 23.2. The third-order valence-corrected chi connectivity index (χ3v) is 6.58. The first-order valence-electron chi connectivity index (χ1n) is 11.6. The number of hydrogen-bond acceptors (Lipinski definition) is 4. The fraction of sp³-hybridized carbons (Fsp3) is 0.667. The standard InChI is InChI=1S/C24H34ClN3O4/c1-16-14-27(10-11-31-16)22(29)26-9-7-17-12-18(25)13-19(20(17)15-26)21-6-5-8-28(21)23(30)32-24(2,3)4/h12-13,16,21H,5-11,14-15H2,1-4H3/t16?,21-/m0/s1. The van der Waals surface area contributed by atoms with Gasteiger partial charge in [-0.3, -0.25) is 0 Å². The molecule has 1 aromatic rings. The fourth-order valence-electron chi connectivity index (χ4n) is 4.94. The number of urea groups is 1. The Labute approximate surface area is 195 Å². The summed E-state index contributed by atoms with van der Waals surface area (Å²) in [7, 11) is 0. The van der Waals surface area contributed by atoms with E-state index in [-0.39, 0.29) is 24.3 Å². The highest BCUT2D eigenvalue weighted by atomic mass is 35.5. The van der Waals surface area contributed by atoms with E-state index in [0.717, 1.165) is 30.4 Å². The Morgan fingerprint density at radius 2 is 1.94 bits per heavy atom. The van der Waals surface area contributed by atoms with Gasteiger partial charge in [0.05, 0.1) is 18.8 Å². The number of ether oxygens (including phenoxy) is 2. The van der Waals surface area contributed by atoms with E-state index in [9.17, 15) is 9.59 Å². The van der Waals surface area contributed by atoms with Crippen molar-refractivity contribution in [3.63, 3.8) is 0 Å². The van der Waals surface area contributed by atoms with Crippen molar-refractivity contribution in [2.75, 3.05) is 32.8 Å². The van der Waals surface area contributed by atoms with Crippen LogP contribution in [0.1, 0.15) is 63.3 Å². The van der Waals surface area contributed by atoms with Crippen molar-refractivity contribution < 1.29 is 19.1 Å². The van der Waals surface area contributed by atoms with Crippen molar-refractivity contribution in [1.82, 2.24) is 14.7 Å². The predicted molar refractivity (Wildman–Crippen MR) is 123 cm³/mol. The van der Waals surface area contributed by atoms with E-state index in [4.69, 9.17) is 21.1 Å². The lowest BCUT2D eigenvalue weighted by molar-refractivity contribution is -0.00976. The van der Waals surface area contributed by atoms with E-state index in [0.29, 0.717) is 44.4 Å². The number of rotatable bonds is 1. The quantitative estimate of drug-likeness (QED) is 0.610. The van der Waals surface area contributed by atoms with Crippen LogP contribution in [0, 0.1) is 0 Å². The normalized spacial score (nSPS) is 23.8. The van der Waals surface area contributed by atoms with Crippen LogP contribution in [0.5, 0.6) is 0 Å². The lowest BCUT2D eigenvalue weighted by Gasteiger charge is -2.38. The molecule has 0 saturated carbocycles. The molecular weight excluding hydrogens is 430 g/mol. The van der Waals surface area contributed by atoms with Gasteiger partial charge in [0.15, 0.2) is 0 Å². The molecule has 176 valence electrons. The molecule has 3 aliphatic heterocycles. The molecule has 1 aromatic carbocycles. The second-order valence-electron chi connectivity index (χ2n) is 10.0. The van der Waals surface area contributed by atoms with Crippen LogP contribution in [0.25, 0.3) is 0 Å². The van der Waals surface area contributed by atoms with Crippen LogP contribution in [-0.2, 0) is 22.4 Å². The molecule has 32 heavy (non-hydrogen) atoms. The van der Waals surface area contributed by atoms with Gasteiger partial charge in [0.2, 0.25) is 0 Å². The summed E-state index contributed by atoms with van der Waals surface area (Å²) in [6.07, 6.45) is 2.30. The third-order valence-electron chi connectivity index (χ3n) is 6.36. The smallest absolute Gasteiger partial charge is 0.410 e. The lowest BCUT2D eigenvalue weighted by atomic mass is 9.90. The van der Waals surface area contributed by atoms with E-state index in [1.165, 1.54) is 5.56 Å². The van der Waals surface area contributed by atoms with Crippen LogP contribution in [0.15, 0.2) is 12.1 Å². The Morgan fingerprint density at radius 1 is 1.16 bits per heavy atom. The van der Waals surface area contributed by atoms with Crippen molar-refractivity contribution in [3.8, 4) is 0 Å². The molecule has 0 spiro atoms. The minimum atomic E-state index is -0.545. The number of hydrogen-bond donors (Lipinski definition) is 0. The molecule has 3 aliphatic rings. The Morgan fingerprint density at radius 3 is 2.66 bits per heavy atom.